The fraction of sp³-hybridized carbons (Fsp3) is 0.300. The number of rotatable bonds is 5. The molecule has 1 N–H and O–H groups in total. The van der Waals surface area contributed by atoms with E-state index in [4.69, 9.17) is 4.42 Å². The third kappa shape index (κ3) is 3.27. The second-order valence-electron chi connectivity index (χ2n) is 6.70. The number of benzene rings is 1. The van der Waals surface area contributed by atoms with E-state index in [0.29, 0.717) is 17.7 Å². The maximum atomic E-state index is 13.1. The van der Waals surface area contributed by atoms with Gasteiger partial charge in [0.2, 0.25) is 5.78 Å². The summed E-state index contributed by atoms with van der Waals surface area (Å²) in [5, 5.41) is 10.1. The van der Waals surface area contributed by atoms with Crippen molar-refractivity contribution in [2.45, 2.75) is 33.2 Å². The fourth-order valence-electron chi connectivity index (χ4n) is 3.03. The Balaban J connectivity index is 1.91. The number of carbonyl (C=O) groups excluding carboxylic acids is 2. The Bertz CT molecular complexity index is 893. The fourth-order valence-corrected chi connectivity index (χ4v) is 3.03. The molecule has 26 heavy (non-hydrogen) atoms. The molecule has 0 spiro atoms. The molecule has 0 saturated heterocycles. The highest BCUT2D eigenvalue weighted by Crippen LogP contribution is 2.27. The maximum absolute atomic E-state index is 13.1. The average molecular weight is 357 g/mol. The zero-order valence-corrected chi connectivity index (χ0v) is 14.9. The molecule has 1 aromatic carbocycles. The lowest BCUT2D eigenvalue weighted by Gasteiger charge is -2.20. The minimum absolute atomic E-state index is 0.0402. The summed E-state index contributed by atoms with van der Waals surface area (Å²) in [6, 6.07) is 7.60. The first kappa shape index (κ1) is 17.9. The molecule has 2 aromatic rings. The van der Waals surface area contributed by atoms with Gasteiger partial charge in [0.05, 0.1) is 12.1 Å². The largest absolute Gasteiger partial charge is 0.503 e. The van der Waals surface area contributed by atoms with E-state index < -0.39 is 17.4 Å². The lowest BCUT2D eigenvalue weighted by atomic mass is 10.0. The van der Waals surface area contributed by atoms with Gasteiger partial charge in [-0.25, -0.2) is 4.39 Å². The van der Waals surface area contributed by atoms with E-state index in [1.54, 1.807) is 25.1 Å². The van der Waals surface area contributed by atoms with E-state index in [0.717, 1.165) is 5.56 Å². The predicted octanol–water partition coefficient (Wildman–Crippen LogP) is 3.56. The Morgan fingerprint density at radius 1 is 1.31 bits per heavy atom. The molecule has 0 unspecified atom stereocenters. The van der Waals surface area contributed by atoms with Crippen molar-refractivity contribution in [2.24, 2.45) is 0 Å². The number of carbonyl (C=O) groups is 2. The minimum Gasteiger partial charge on any atom is -0.503 e. The number of ketones is 1. The summed E-state index contributed by atoms with van der Waals surface area (Å²) < 4.78 is 18.6. The zero-order valence-electron chi connectivity index (χ0n) is 14.9. The first-order valence-electron chi connectivity index (χ1n) is 8.39. The molecule has 3 rings (SSSR count). The number of halogens is 1. The van der Waals surface area contributed by atoms with E-state index in [1.165, 1.54) is 17.0 Å². The SMILES string of the molecule is Cc1cc(Cc2ccc(F)cc2)c(C(=O)C2=C(O)C(=O)N(C(C)C)C2)o1. The van der Waals surface area contributed by atoms with Crippen molar-refractivity contribution in [1.29, 1.82) is 0 Å². The Morgan fingerprint density at radius 3 is 2.54 bits per heavy atom. The van der Waals surface area contributed by atoms with Crippen LogP contribution in [0, 0.1) is 12.7 Å². The number of Topliss-reactive ketones (excluding diaryl/α,β-unsaturated/α-hetero) is 1. The zero-order chi connectivity index (χ0) is 19.0. The number of nitrogens with zero attached hydrogens (tertiary/aromatic N) is 1. The van der Waals surface area contributed by atoms with Crippen LogP contribution in [-0.2, 0) is 11.2 Å². The summed E-state index contributed by atoms with van der Waals surface area (Å²) in [7, 11) is 0. The number of aryl methyl sites for hydroxylation is 1. The van der Waals surface area contributed by atoms with Crippen LogP contribution in [0.15, 0.2) is 46.1 Å². The third-order valence-electron chi connectivity index (χ3n) is 4.42. The van der Waals surface area contributed by atoms with Gasteiger partial charge in [-0.05, 0) is 44.5 Å². The van der Waals surface area contributed by atoms with Crippen molar-refractivity contribution in [1.82, 2.24) is 4.90 Å². The first-order valence-corrected chi connectivity index (χ1v) is 8.39. The Labute approximate surface area is 150 Å². The molecular weight excluding hydrogens is 337 g/mol. The summed E-state index contributed by atoms with van der Waals surface area (Å²) in [6.45, 7) is 5.40. The molecule has 0 aliphatic carbocycles. The van der Waals surface area contributed by atoms with Gasteiger partial charge in [-0.3, -0.25) is 9.59 Å². The minimum atomic E-state index is -0.549. The molecule has 1 aromatic heterocycles. The van der Waals surface area contributed by atoms with E-state index in [9.17, 15) is 19.1 Å². The molecule has 1 aliphatic heterocycles. The van der Waals surface area contributed by atoms with Crippen LogP contribution in [-0.4, -0.2) is 34.3 Å². The van der Waals surface area contributed by atoms with E-state index >= 15 is 0 Å². The molecule has 5 nitrogen and oxygen atoms in total. The summed E-state index contributed by atoms with van der Waals surface area (Å²) >= 11 is 0. The Hall–Kier alpha value is -2.89. The quantitative estimate of drug-likeness (QED) is 0.831. The van der Waals surface area contributed by atoms with Crippen molar-refractivity contribution in [3.05, 3.63) is 70.1 Å². The Kier molecular flexibility index (Phi) is 4.68. The van der Waals surface area contributed by atoms with Gasteiger partial charge in [0, 0.05) is 18.0 Å². The second-order valence-corrected chi connectivity index (χ2v) is 6.70. The van der Waals surface area contributed by atoms with Crippen LogP contribution in [0.5, 0.6) is 0 Å². The van der Waals surface area contributed by atoms with Crippen molar-refractivity contribution >= 4 is 11.7 Å². The second kappa shape index (κ2) is 6.78. The van der Waals surface area contributed by atoms with Crippen molar-refractivity contribution in [2.75, 3.05) is 6.54 Å². The standard InChI is InChI=1S/C20H20FNO4/c1-11(2)22-10-16(18(24)20(22)25)17(23)19-14(8-12(3)26-19)9-13-4-6-15(21)7-5-13/h4-8,11,24H,9-10H2,1-3H3. The summed E-state index contributed by atoms with van der Waals surface area (Å²) in [5.74, 6) is -1.24. The van der Waals surface area contributed by atoms with Crippen LogP contribution in [0.25, 0.3) is 0 Å². The van der Waals surface area contributed by atoms with Gasteiger partial charge in [0.25, 0.3) is 5.91 Å². The smallest absolute Gasteiger partial charge is 0.289 e. The maximum Gasteiger partial charge on any atom is 0.289 e. The number of aliphatic hydroxyl groups is 1. The van der Waals surface area contributed by atoms with Crippen LogP contribution in [0.1, 0.15) is 41.3 Å². The topological polar surface area (TPSA) is 70.8 Å². The molecule has 0 saturated carbocycles. The van der Waals surface area contributed by atoms with Gasteiger partial charge < -0.3 is 14.4 Å². The lowest BCUT2D eigenvalue weighted by molar-refractivity contribution is -0.129. The van der Waals surface area contributed by atoms with Gasteiger partial charge in [0.1, 0.15) is 11.6 Å². The predicted molar refractivity (Wildman–Crippen MR) is 93.5 cm³/mol. The van der Waals surface area contributed by atoms with Gasteiger partial charge in [-0.2, -0.15) is 0 Å². The third-order valence-corrected chi connectivity index (χ3v) is 4.42. The first-order chi connectivity index (χ1) is 12.3. The molecule has 0 bridgehead atoms. The van der Waals surface area contributed by atoms with Crippen LogP contribution in [0.3, 0.4) is 0 Å². The van der Waals surface area contributed by atoms with E-state index in [2.05, 4.69) is 0 Å². The van der Waals surface area contributed by atoms with Crippen LogP contribution in [0.2, 0.25) is 0 Å². The molecule has 136 valence electrons. The van der Waals surface area contributed by atoms with Gasteiger partial charge in [-0.15, -0.1) is 0 Å². The molecule has 6 heteroatoms. The van der Waals surface area contributed by atoms with E-state index in [1.807, 2.05) is 13.8 Å². The molecule has 1 aliphatic rings. The number of furan rings is 1. The molecule has 1 amide bonds. The number of amides is 1. The number of hydrogen-bond donors (Lipinski definition) is 1. The lowest BCUT2D eigenvalue weighted by Crippen LogP contribution is -2.34. The average Bonchev–Trinajstić information content (AvgIpc) is 3.10. The van der Waals surface area contributed by atoms with Crippen LogP contribution >= 0.6 is 0 Å². The normalized spacial score (nSPS) is 14.7. The van der Waals surface area contributed by atoms with Crippen molar-refractivity contribution in [3.63, 3.8) is 0 Å². The van der Waals surface area contributed by atoms with Gasteiger partial charge in [0.15, 0.2) is 11.5 Å². The van der Waals surface area contributed by atoms with Crippen molar-refractivity contribution in [3.8, 4) is 0 Å². The monoisotopic (exact) mass is 357 g/mol. The molecule has 0 atom stereocenters. The number of aliphatic hydroxyl groups excluding tert-OH is 1. The molecule has 0 radical (unpaired) electrons. The molecule has 2 heterocycles. The highest BCUT2D eigenvalue weighted by atomic mass is 19.1. The molecule has 0 fully saturated rings. The van der Waals surface area contributed by atoms with E-state index in [-0.39, 0.29) is 29.7 Å². The van der Waals surface area contributed by atoms with Gasteiger partial charge in [-0.1, -0.05) is 12.1 Å². The Morgan fingerprint density at radius 2 is 1.96 bits per heavy atom. The van der Waals surface area contributed by atoms with Crippen molar-refractivity contribution < 1.29 is 23.5 Å². The van der Waals surface area contributed by atoms with Gasteiger partial charge >= 0.3 is 0 Å². The summed E-state index contributed by atoms with van der Waals surface area (Å²) in [4.78, 5) is 26.4. The summed E-state index contributed by atoms with van der Waals surface area (Å²) in [6.07, 6.45) is 0.384. The van der Waals surface area contributed by atoms with Crippen LogP contribution < -0.4 is 0 Å². The highest BCUT2D eigenvalue weighted by Gasteiger charge is 2.37. The molecular formula is C20H20FNO4. The summed E-state index contributed by atoms with van der Waals surface area (Å²) in [5.41, 5.74) is 1.50. The number of hydrogen-bond acceptors (Lipinski definition) is 4. The highest BCUT2D eigenvalue weighted by molar-refractivity contribution is 6.14. The van der Waals surface area contributed by atoms with Crippen LogP contribution in [0.4, 0.5) is 4.39 Å².